The van der Waals surface area contributed by atoms with Crippen LogP contribution in [0.4, 0.5) is 4.39 Å². The molecule has 2 aliphatic heterocycles. The Morgan fingerprint density at radius 2 is 2.16 bits per heavy atom. The minimum Gasteiger partial charge on any atom is -0.497 e. The molecule has 5 nitrogen and oxygen atoms in total. The standard InChI is InChI=1S/C19H27FN2O3/c1-14(2)22-12-19(13-25-10-18(22)23)6-7-21(11-19)9-15-8-16(24-3)4-5-17(15)20/h4-5,8,14H,6-7,9-13H2,1-3H3. The minimum atomic E-state index is -0.210. The number of ether oxygens (including phenoxy) is 2. The molecule has 1 unspecified atom stereocenters. The molecular formula is C19H27FN2O3. The van der Waals surface area contributed by atoms with Crippen molar-refractivity contribution in [3.8, 4) is 5.75 Å². The molecule has 1 aromatic rings. The van der Waals surface area contributed by atoms with Crippen molar-refractivity contribution in [2.75, 3.05) is 40.0 Å². The molecule has 0 bridgehead atoms. The SMILES string of the molecule is COc1ccc(F)c(CN2CCC3(COCC(=O)N(C(C)C)C3)C2)c1. The molecule has 1 aromatic carbocycles. The molecule has 2 fully saturated rings. The number of methoxy groups -OCH3 is 1. The Hall–Kier alpha value is -1.66. The third kappa shape index (κ3) is 3.96. The van der Waals surface area contributed by atoms with E-state index in [0.717, 1.165) is 19.5 Å². The summed E-state index contributed by atoms with van der Waals surface area (Å²) in [5.41, 5.74) is 0.578. The molecule has 6 heteroatoms. The number of nitrogens with zero attached hydrogens (tertiary/aromatic N) is 2. The van der Waals surface area contributed by atoms with Gasteiger partial charge in [-0.15, -0.1) is 0 Å². The minimum absolute atomic E-state index is 0.0594. The first-order chi connectivity index (χ1) is 11.9. The lowest BCUT2D eigenvalue weighted by molar-refractivity contribution is -0.135. The Morgan fingerprint density at radius 3 is 2.88 bits per heavy atom. The number of benzene rings is 1. The smallest absolute Gasteiger partial charge is 0.248 e. The Morgan fingerprint density at radius 1 is 1.36 bits per heavy atom. The van der Waals surface area contributed by atoms with Crippen LogP contribution in [0.15, 0.2) is 18.2 Å². The van der Waals surface area contributed by atoms with Crippen LogP contribution in [0.1, 0.15) is 25.8 Å². The van der Waals surface area contributed by atoms with Crippen molar-refractivity contribution in [1.82, 2.24) is 9.80 Å². The molecular weight excluding hydrogens is 323 g/mol. The van der Waals surface area contributed by atoms with Gasteiger partial charge in [0.25, 0.3) is 0 Å². The van der Waals surface area contributed by atoms with Gasteiger partial charge in [-0.1, -0.05) is 0 Å². The second-order valence-electron chi connectivity index (χ2n) is 7.53. The summed E-state index contributed by atoms with van der Waals surface area (Å²) < 4.78 is 25.0. The molecule has 1 spiro atoms. The maximum absolute atomic E-state index is 14.1. The second-order valence-corrected chi connectivity index (χ2v) is 7.53. The highest BCUT2D eigenvalue weighted by Gasteiger charge is 2.43. The topological polar surface area (TPSA) is 42.0 Å². The fraction of sp³-hybridized carbons (Fsp3) is 0.632. The van der Waals surface area contributed by atoms with E-state index >= 15 is 0 Å². The van der Waals surface area contributed by atoms with Crippen LogP contribution in [-0.4, -0.2) is 61.7 Å². The van der Waals surface area contributed by atoms with Crippen molar-refractivity contribution in [2.24, 2.45) is 5.41 Å². The third-order valence-corrected chi connectivity index (χ3v) is 5.25. The van der Waals surface area contributed by atoms with E-state index in [9.17, 15) is 9.18 Å². The lowest BCUT2D eigenvalue weighted by Crippen LogP contribution is -2.45. The number of halogens is 1. The number of likely N-dealkylation sites (tertiary alicyclic amines) is 1. The van der Waals surface area contributed by atoms with Gasteiger partial charge in [-0.2, -0.15) is 0 Å². The van der Waals surface area contributed by atoms with Gasteiger partial charge in [0.2, 0.25) is 5.91 Å². The zero-order valence-corrected chi connectivity index (χ0v) is 15.3. The number of carbonyl (C=O) groups excluding carboxylic acids is 1. The highest BCUT2D eigenvalue weighted by Crippen LogP contribution is 2.35. The van der Waals surface area contributed by atoms with Crippen LogP contribution >= 0.6 is 0 Å². The molecule has 2 saturated heterocycles. The zero-order chi connectivity index (χ0) is 18.0. The maximum atomic E-state index is 14.1. The Bertz CT molecular complexity index is 637. The summed E-state index contributed by atoms with van der Waals surface area (Å²) in [5.74, 6) is 0.515. The van der Waals surface area contributed by atoms with Crippen molar-refractivity contribution in [2.45, 2.75) is 32.9 Å². The molecule has 0 radical (unpaired) electrons. The van der Waals surface area contributed by atoms with Crippen molar-refractivity contribution >= 4 is 5.91 Å². The summed E-state index contributed by atoms with van der Waals surface area (Å²) >= 11 is 0. The van der Waals surface area contributed by atoms with E-state index in [0.29, 0.717) is 31.0 Å². The van der Waals surface area contributed by atoms with Crippen LogP contribution < -0.4 is 4.74 Å². The van der Waals surface area contributed by atoms with E-state index in [1.165, 1.54) is 6.07 Å². The molecule has 2 heterocycles. The Labute approximate surface area is 148 Å². The van der Waals surface area contributed by atoms with Crippen LogP contribution in [0, 0.1) is 11.2 Å². The van der Waals surface area contributed by atoms with Crippen LogP contribution in [-0.2, 0) is 16.1 Å². The number of hydrogen-bond acceptors (Lipinski definition) is 4. The predicted molar refractivity (Wildman–Crippen MR) is 92.9 cm³/mol. The quantitative estimate of drug-likeness (QED) is 0.836. The molecule has 3 rings (SSSR count). The molecule has 0 N–H and O–H groups in total. The average molecular weight is 350 g/mol. The normalized spacial score (nSPS) is 25.0. The number of amides is 1. The zero-order valence-electron chi connectivity index (χ0n) is 15.3. The summed E-state index contributed by atoms with van der Waals surface area (Å²) in [6, 6.07) is 5.01. The highest BCUT2D eigenvalue weighted by molar-refractivity contribution is 5.78. The first-order valence-corrected chi connectivity index (χ1v) is 8.84. The fourth-order valence-electron chi connectivity index (χ4n) is 3.85. The Balaban J connectivity index is 1.71. The highest BCUT2D eigenvalue weighted by atomic mass is 19.1. The first-order valence-electron chi connectivity index (χ1n) is 8.84. The van der Waals surface area contributed by atoms with Crippen molar-refractivity contribution in [1.29, 1.82) is 0 Å². The Kier molecular flexibility index (Phi) is 5.29. The van der Waals surface area contributed by atoms with Gasteiger partial charge >= 0.3 is 0 Å². The van der Waals surface area contributed by atoms with Gasteiger partial charge in [0.15, 0.2) is 0 Å². The molecule has 0 aromatic heterocycles. The molecule has 138 valence electrons. The van der Waals surface area contributed by atoms with E-state index in [1.807, 2.05) is 18.7 Å². The lowest BCUT2D eigenvalue weighted by atomic mass is 9.87. The molecule has 2 aliphatic rings. The molecule has 1 amide bonds. The van der Waals surface area contributed by atoms with E-state index in [-0.39, 0.29) is 29.8 Å². The van der Waals surface area contributed by atoms with E-state index < -0.39 is 0 Å². The maximum Gasteiger partial charge on any atom is 0.248 e. The van der Waals surface area contributed by atoms with E-state index in [2.05, 4.69) is 4.90 Å². The molecule has 1 atom stereocenters. The van der Waals surface area contributed by atoms with Gasteiger partial charge in [-0.3, -0.25) is 9.69 Å². The van der Waals surface area contributed by atoms with Crippen molar-refractivity contribution in [3.05, 3.63) is 29.6 Å². The van der Waals surface area contributed by atoms with Crippen LogP contribution in [0.3, 0.4) is 0 Å². The summed E-state index contributed by atoms with van der Waals surface area (Å²) in [6.07, 6.45) is 0.953. The van der Waals surface area contributed by atoms with E-state index in [4.69, 9.17) is 9.47 Å². The van der Waals surface area contributed by atoms with Crippen molar-refractivity contribution in [3.63, 3.8) is 0 Å². The number of carbonyl (C=O) groups is 1. The van der Waals surface area contributed by atoms with Crippen LogP contribution in [0.2, 0.25) is 0 Å². The largest absolute Gasteiger partial charge is 0.497 e. The fourth-order valence-corrected chi connectivity index (χ4v) is 3.85. The molecule has 0 aliphatic carbocycles. The van der Waals surface area contributed by atoms with Gasteiger partial charge in [0.05, 0.1) is 13.7 Å². The van der Waals surface area contributed by atoms with Crippen LogP contribution in [0.25, 0.3) is 0 Å². The van der Waals surface area contributed by atoms with Gasteiger partial charge in [0, 0.05) is 36.7 Å². The van der Waals surface area contributed by atoms with Gasteiger partial charge in [-0.05, 0) is 45.0 Å². The molecule has 25 heavy (non-hydrogen) atoms. The van der Waals surface area contributed by atoms with Gasteiger partial charge in [-0.25, -0.2) is 4.39 Å². The monoisotopic (exact) mass is 350 g/mol. The average Bonchev–Trinajstić information content (AvgIpc) is 2.88. The summed E-state index contributed by atoms with van der Waals surface area (Å²) in [4.78, 5) is 16.4. The molecule has 0 saturated carbocycles. The number of hydrogen-bond donors (Lipinski definition) is 0. The van der Waals surface area contributed by atoms with Crippen LogP contribution in [0.5, 0.6) is 5.75 Å². The summed E-state index contributed by atoms with van der Waals surface area (Å²) in [6.45, 7) is 7.75. The first kappa shape index (κ1) is 18.1. The second kappa shape index (κ2) is 7.30. The summed E-state index contributed by atoms with van der Waals surface area (Å²) in [5, 5.41) is 0. The number of rotatable bonds is 4. The lowest BCUT2D eigenvalue weighted by Gasteiger charge is -2.34. The third-order valence-electron chi connectivity index (χ3n) is 5.25. The van der Waals surface area contributed by atoms with E-state index in [1.54, 1.807) is 19.2 Å². The van der Waals surface area contributed by atoms with Crippen molar-refractivity contribution < 1.29 is 18.7 Å². The van der Waals surface area contributed by atoms with Gasteiger partial charge < -0.3 is 14.4 Å². The van der Waals surface area contributed by atoms with Gasteiger partial charge in [0.1, 0.15) is 18.2 Å². The predicted octanol–water partition coefficient (Wildman–Crippen LogP) is 2.29. The summed E-state index contributed by atoms with van der Waals surface area (Å²) in [7, 11) is 1.59.